The number of fused-ring (bicyclic) bond motifs is 1. The van der Waals surface area contributed by atoms with Crippen LogP contribution in [0.4, 0.5) is 0 Å². The molecule has 2 aromatic heterocycles. The maximum Gasteiger partial charge on any atom is 0.335 e. The summed E-state index contributed by atoms with van der Waals surface area (Å²) in [5, 5.41) is 10.6. The molecule has 1 aliphatic heterocycles. The van der Waals surface area contributed by atoms with Gasteiger partial charge in [-0.25, -0.2) is 9.78 Å². The summed E-state index contributed by atoms with van der Waals surface area (Å²) in [6.07, 6.45) is 1.78. The number of rotatable bonds is 7. The molecule has 3 heterocycles. The Hall–Kier alpha value is -3.68. The molecule has 36 heavy (non-hydrogen) atoms. The Balaban J connectivity index is 1.56. The Bertz CT molecular complexity index is 1400. The molecule has 1 fully saturated rings. The van der Waals surface area contributed by atoms with Gasteiger partial charge in [-0.05, 0) is 58.5 Å². The zero-order valence-corrected chi connectivity index (χ0v) is 20.9. The molecule has 2 N–H and O–H groups in total. The summed E-state index contributed by atoms with van der Waals surface area (Å²) in [6.45, 7) is 8.28. The number of aromatic carboxylic acids is 1. The second kappa shape index (κ2) is 10.1. The van der Waals surface area contributed by atoms with Gasteiger partial charge in [0, 0.05) is 36.8 Å². The Labute approximate surface area is 210 Å². The molecule has 1 aliphatic rings. The van der Waals surface area contributed by atoms with Crippen molar-refractivity contribution in [2.75, 3.05) is 33.4 Å². The lowest BCUT2D eigenvalue weighted by Crippen LogP contribution is -2.35. The molecule has 7 nitrogen and oxygen atoms in total. The van der Waals surface area contributed by atoms with E-state index in [-0.39, 0.29) is 5.92 Å². The zero-order valence-electron chi connectivity index (χ0n) is 20.9. The van der Waals surface area contributed by atoms with Gasteiger partial charge in [0.25, 0.3) is 0 Å². The van der Waals surface area contributed by atoms with E-state index in [2.05, 4.69) is 33.1 Å². The Morgan fingerprint density at radius 2 is 1.92 bits per heavy atom. The molecule has 0 atom stereocenters. The minimum Gasteiger partial charge on any atom is -0.496 e. The average Bonchev–Trinajstić information content (AvgIpc) is 3.33. The summed E-state index contributed by atoms with van der Waals surface area (Å²) < 4.78 is 11.2. The van der Waals surface area contributed by atoms with Gasteiger partial charge in [-0.1, -0.05) is 32.0 Å². The Morgan fingerprint density at radius 1 is 1.11 bits per heavy atom. The first-order valence-corrected chi connectivity index (χ1v) is 12.3. The van der Waals surface area contributed by atoms with Gasteiger partial charge >= 0.3 is 5.97 Å². The van der Waals surface area contributed by atoms with Gasteiger partial charge in [-0.3, -0.25) is 4.90 Å². The van der Waals surface area contributed by atoms with Crippen LogP contribution in [0.5, 0.6) is 5.75 Å². The first-order chi connectivity index (χ1) is 17.4. The highest BCUT2D eigenvalue weighted by atomic mass is 16.5. The number of aromatic amines is 1. The summed E-state index contributed by atoms with van der Waals surface area (Å²) in [5.41, 5.74) is 7.03. The molecule has 1 saturated heterocycles. The van der Waals surface area contributed by atoms with Crippen molar-refractivity contribution in [1.29, 1.82) is 0 Å². The standard InChI is InChI=1S/C29H31N3O4/c1-18(2)23-15-20(5-6-22(23)29(33)34)21-8-9-30-28-24(21)16-26(31-28)25-14-19(4-7-27(25)35-3)17-32-10-12-36-13-11-32/h4-9,14-16,18H,10-13,17H2,1-3H3,(H,30,31)(H,33,34). The van der Waals surface area contributed by atoms with E-state index in [0.29, 0.717) is 5.56 Å². The van der Waals surface area contributed by atoms with E-state index < -0.39 is 5.97 Å². The number of aromatic nitrogens is 2. The van der Waals surface area contributed by atoms with Gasteiger partial charge in [0.05, 0.1) is 31.6 Å². The van der Waals surface area contributed by atoms with E-state index in [0.717, 1.165) is 77.6 Å². The highest BCUT2D eigenvalue weighted by molar-refractivity contribution is 5.98. The largest absolute Gasteiger partial charge is 0.496 e. The van der Waals surface area contributed by atoms with Crippen LogP contribution in [0.3, 0.4) is 0 Å². The lowest BCUT2D eigenvalue weighted by Gasteiger charge is -2.26. The summed E-state index contributed by atoms with van der Waals surface area (Å²) >= 11 is 0. The zero-order chi connectivity index (χ0) is 25.2. The number of pyridine rings is 1. The van der Waals surface area contributed by atoms with Gasteiger partial charge in [0.1, 0.15) is 11.4 Å². The van der Waals surface area contributed by atoms with Crippen LogP contribution in [0.15, 0.2) is 54.7 Å². The van der Waals surface area contributed by atoms with Crippen molar-refractivity contribution in [3.05, 3.63) is 71.4 Å². The number of carbonyl (C=O) groups is 1. The minimum absolute atomic E-state index is 0.0913. The van der Waals surface area contributed by atoms with Crippen LogP contribution in [-0.2, 0) is 11.3 Å². The van der Waals surface area contributed by atoms with Gasteiger partial charge < -0.3 is 19.6 Å². The lowest BCUT2D eigenvalue weighted by molar-refractivity contribution is 0.0342. The van der Waals surface area contributed by atoms with Gasteiger partial charge in [-0.15, -0.1) is 0 Å². The quantitative estimate of drug-likeness (QED) is 0.356. The number of H-pyrrole nitrogens is 1. The summed E-state index contributed by atoms with van der Waals surface area (Å²) in [6, 6.07) is 16.0. The van der Waals surface area contributed by atoms with Crippen LogP contribution in [0.1, 0.15) is 41.3 Å². The van der Waals surface area contributed by atoms with Crippen molar-refractivity contribution in [3.63, 3.8) is 0 Å². The molecule has 0 radical (unpaired) electrons. The van der Waals surface area contributed by atoms with E-state index in [4.69, 9.17) is 9.47 Å². The number of carboxylic acids is 1. The van der Waals surface area contributed by atoms with Crippen molar-refractivity contribution in [2.24, 2.45) is 0 Å². The molecule has 0 aliphatic carbocycles. The van der Waals surface area contributed by atoms with Crippen molar-refractivity contribution in [2.45, 2.75) is 26.3 Å². The van der Waals surface area contributed by atoms with E-state index >= 15 is 0 Å². The Kier molecular flexibility index (Phi) is 6.76. The van der Waals surface area contributed by atoms with E-state index in [1.807, 2.05) is 38.1 Å². The van der Waals surface area contributed by atoms with Crippen molar-refractivity contribution in [3.8, 4) is 28.1 Å². The molecule has 186 valence electrons. The van der Waals surface area contributed by atoms with Crippen LogP contribution in [-0.4, -0.2) is 59.4 Å². The number of nitrogens with zero attached hydrogens (tertiary/aromatic N) is 2. The maximum atomic E-state index is 11.7. The van der Waals surface area contributed by atoms with Gasteiger partial charge in [-0.2, -0.15) is 0 Å². The normalized spacial score (nSPS) is 14.4. The van der Waals surface area contributed by atoms with E-state index in [1.165, 1.54) is 5.56 Å². The number of ether oxygens (including phenoxy) is 2. The SMILES string of the molecule is COc1ccc(CN2CCOCC2)cc1-c1cc2c(-c3ccc(C(=O)O)c(C(C)C)c3)ccnc2[nH]1. The third-order valence-electron chi connectivity index (χ3n) is 6.81. The number of morpholine rings is 1. The van der Waals surface area contributed by atoms with Crippen molar-refractivity contribution in [1.82, 2.24) is 14.9 Å². The predicted octanol–water partition coefficient (Wildman–Crippen LogP) is 5.56. The smallest absolute Gasteiger partial charge is 0.335 e. The summed E-state index contributed by atoms with van der Waals surface area (Å²) in [4.78, 5) is 22.2. The number of methoxy groups -OCH3 is 1. The molecular weight excluding hydrogens is 454 g/mol. The molecule has 7 heteroatoms. The highest BCUT2D eigenvalue weighted by Crippen LogP contribution is 2.37. The van der Waals surface area contributed by atoms with Crippen LogP contribution in [0.2, 0.25) is 0 Å². The van der Waals surface area contributed by atoms with Crippen LogP contribution in [0.25, 0.3) is 33.4 Å². The van der Waals surface area contributed by atoms with E-state index in [9.17, 15) is 9.90 Å². The third kappa shape index (κ3) is 4.72. The van der Waals surface area contributed by atoms with Crippen LogP contribution < -0.4 is 4.74 Å². The number of hydrogen-bond donors (Lipinski definition) is 2. The fourth-order valence-corrected chi connectivity index (χ4v) is 4.91. The predicted molar refractivity (Wildman–Crippen MR) is 141 cm³/mol. The topological polar surface area (TPSA) is 87.7 Å². The molecule has 0 unspecified atom stereocenters. The fraction of sp³-hybridized carbons (Fsp3) is 0.310. The van der Waals surface area contributed by atoms with Crippen molar-refractivity contribution < 1.29 is 19.4 Å². The summed E-state index contributed by atoms with van der Waals surface area (Å²) in [5.74, 6) is -0.0199. The third-order valence-corrected chi connectivity index (χ3v) is 6.81. The fourth-order valence-electron chi connectivity index (χ4n) is 4.91. The monoisotopic (exact) mass is 485 g/mol. The van der Waals surface area contributed by atoms with Crippen LogP contribution in [0, 0.1) is 0 Å². The van der Waals surface area contributed by atoms with Crippen LogP contribution >= 0.6 is 0 Å². The van der Waals surface area contributed by atoms with Gasteiger partial charge in [0.15, 0.2) is 0 Å². The Morgan fingerprint density at radius 3 is 2.64 bits per heavy atom. The molecule has 0 amide bonds. The number of hydrogen-bond acceptors (Lipinski definition) is 5. The van der Waals surface area contributed by atoms with E-state index in [1.54, 1.807) is 19.4 Å². The lowest BCUT2D eigenvalue weighted by atomic mass is 9.92. The molecular formula is C29H31N3O4. The number of benzene rings is 2. The molecule has 0 bridgehead atoms. The van der Waals surface area contributed by atoms with Gasteiger partial charge in [0.2, 0.25) is 0 Å². The first kappa shape index (κ1) is 24.0. The first-order valence-electron chi connectivity index (χ1n) is 12.3. The second-order valence-corrected chi connectivity index (χ2v) is 9.49. The molecule has 4 aromatic rings. The average molecular weight is 486 g/mol. The summed E-state index contributed by atoms with van der Waals surface area (Å²) in [7, 11) is 1.68. The number of carboxylic acid groups (broad SMARTS) is 1. The molecule has 5 rings (SSSR count). The maximum absolute atomic E-state index is 11.7. The van der Waals surface area contributed by atoms with Crippen molar-refractivity contribution >= 4 is 17.0 Å². The second-order valence-electron chi connectivity index (χ2n) is 9.49. The molecule has 2 aromatic carbocycles. The minimum atomic E-state index is -0.905. The highest BCUT2D eigenvalue weighted by Gasteiger charge is 2.18. The molecule has 0 spiro atoms. The molecule has 0 saturated carbocycles. The number of nitrogens with one attached hydrogen (secondary N) is 1.